The lowest BCUT2D eigenvalue weighted by atomic mass is 9.99. The molecule has 10 heteroatoms. The van der Waals surface area contributed by atoms with Crippen LogP contribution in [0.3, 0.4) is 0 Å². The summed E-state index contributed by atoms with van der Waals surface area (Å²) in [6.07, 6.45) is 10.3. The fourth-order valence-corrected chi connectivity index (χ4v) is 6.16. The Morgan fingerprint density at radius 1 is 1.25 bits per heavy atom. The molecule has 0 radical (unpaired) electrons. The molecule has 1 aliphatic heterocycles. The summed E-state index contributed by atoms with van der Waals surface area (Å²) in [5.41, 5.74) is 5.94. The Kier molecular flexibility index (Phi) is 5.58. The largest absolute Gasteiger partial charge is 0.845 e. The van der Waals surface area contributed by atoms with Gasteiger partial charge in [0, 0.05) is 25.5 Å². The van der Waals surface area contributed by atoms with E-state index in [2.05, 4.69) is 20.9 Å². The van der Waals surface area contributed by atoms with E-state index in [-0.39, 0.29) is 12.6 Å². The zero-order chi connectivity index (χ0) is 22.3. The number of hydrogen-bond acceptors (Lipinski definition) is 5. The Balaban J connectivity index is 1.45. The van der Waals surface area contributed by atoms with Gasteiger partial charge in [0.1, 0.15) is 0 Å². The van der Waals surface area contributed by atoms with Gasteiger partial charge in [-0.1, -0.05) is 6.07 Å². The molecule has 0 saturated carbocycles. The Bertz CT molecular complexity index is 1120. The van der Waals surface area contributed by atoms with E-state index < -0.39 is 16.2 Å². The predicted molar refractivity (Wildman–Crippen MR) is 120 cm³/mol. The average Bonchev–Trinajstić information content (AvgIpc) is 3.52. The van der Waals surface area contributed by atoms with Gasteiger partial charge < -0.3 is 15.2 Å². The lowest BCUT2D eigenvalue weighted by molar-refractivity contribution is -0.213. The molecule has 1 saturated heterocycles. The molecule has 0 bridgehead atoms. The molecule has 1 fully saturated rings. The van der Waals surface area contributed by atoms with Crippen LogP contribution in [-0.2, 0) is 47.7 Å². The first-order chi connectivity index (χ1) is 15.4. The molecular weight excluding hydrogens is 430 g/mol. The number of anilines is 2. The highest BCUT2D eigenvalue weighted by molar-refractivity contribution is 7.91. The zero-order valence-electron chi connectivity index (χ0n) is 18.2. The number of amidine groups is 1. The molecule has 3 aliphatic rings. The van der Waals surface area contributed by atoms with Gasteiger partial charge in [-0.25, -0.2) is 4.31 Å². The summed E-state index contributed by atoms with van der Waals surface area (Å²) in [6, 6.07) is 1.40. The van der Waals surface area contributed by atoms with E-state index in [1.165, 1.54) is 22.0 Å². The van der Waals surface area contributed by atoms with E-state index in [9.17, 15) is 13.5 Å². The summed E-state index contributed by atoms with van der Waals surface area (Å²) in [4.78, 5) is 0. The van der Waals surface area contributed by atoms with E-state index in [1.54, 1.807) is 13.2 Å². The van der Waals surface area contributed by atoms with Gasteiger partial charge in [-0.15, -0.1) is 4.40 Å². The number of nitrogens with one attached hydrogen (secondary N) is 1. The number of rotatable bonds is 6. The van der Waals surface area contributed by atoms with Crippen molar-refractivity contribution in [3.63, 3.8) is 0 Å². The van der Waals surface area contributed by atoms with Crippen LogP contribution in [0.5, 0.6) is 0 Å². The normalized spacial score (nSPS) is 20.4. The third kappa shape index (κ3) is 4.09. The van der Waals surface area contributed by atoms with Crippen LogP contribution in [-0.4, -0.2) is 43.5 Å². The molecule has 32 heavy (non-hydrogen) atoms. The molecule has 172 valence electrons. The first-order valence-electron chi connectivity index (χ1n) is 11.2. The smallest absolute Gasteiger partial charge is 0.345 e. The number of nitrogens with zero attached hydrogens (tertiary/aromatic N) is 4. The van der Waals surface area contributed by atoms with Gasteiger partial charge in [-0.2, -0.15) is 13.5 Å². The van der Waals surface area contributed by atoms with Gasteiger partial charge in [0.25, 0.3) is 0 Å². The maximum atomic E-state index is 13.2. The van der Waals surface area contributed by atoms with Crippen LogP contribution in [0, 0.1) is 0 Å². The third-order valence-electron chi connectivity index (χ3n) is 6.55. The van der Waals surface area contributed by atoms with Crippen molar-refractivity contribution in [1.29, 1.82) is 0 Å². The molecule has 1 unspecified atom stereocenters. The molecule has 1 aromatic heterocycles. The minimum Gasteiger partial charge on any atom is -0.845 e. The number of aryl methyl sites for hydroxylation is 3. The van der Waals surface area contributed by atoms with Crippen LogP contribution in [0.4, 0.5) is 11.4 Å². The number of ether oxygens (including phenoxy) is 1. The van der Waals surface area contributed by atoms with E-state index in [0.29, 0.717) is 12.3 Å². The first kappa shape index (κ1) is 21.3. The van der Waals surface area contributed by atoms with Crippen molar-refractivity contribution < 1.29 is 18.3 Å². The van der Waals surface area contributed by atoms with E-state index >= 15 is 0 Å². The van der Waals surface area contributed by atoms with Gasteiger partial charge in [-0.05, 0) is 73.6 Å². The van der Waals surface area contributed by atoms with Crippen LogP contribution in [0.2, 0.25) is 0 Å². The summed E-state index contributed by atoms with van der Waals surface area (Å²) in [5.74, 6) is 0. The molecular formula is C22H28N5O4S-. The standard InChI is InChI=1S/C22H29N5O4S/c1-26-13-17(12-23-26)27(14-18-7-4-10-31-18)32(29,30)25-22(28)24-21-19-8-2-5-15(19)11-16-6-3-9-20(16)21/h11-13,18H,2-10,14H2,1H3,(H2,24,25,28)/p-1. The van der Waals surface area contributed by atoms with Gasteiger partial charge >= 0.3 is 10.2 Å². The molecule has 0 amide bonds. The van der Waals surface area contributed by atoms with Gasteiger partial charge in [0.15, 0.2) is 0 Å². The number of benzene rings is 1. The van der Waals surface area contributed by atoms with Gasteiger partial charge in [0.05, 0.1) is 30.6 Å². The van der Waals surface area contributed by atoms with Crippen molar-refractivity contribution >= 4 is 27.6 Å². The Morgan fingerprint density at radius 3 is 2.56 bits per heavy atom. The van der Waals surface area contributed by atoms with Crippen molar-refractivity contribution in [2.75, 3.05) is 22.8 Å². The van der Waals surface area contributed by atoms with Crippen LogP contribution >= 0.6 is 0 Å². The highest BCUT2D eigenvalue weighted by Gasteiger charge is 2.29. The third-order valence-corrected chi connectivity index (χ3v) is 7.87. The maximum Gasteiger partial charge on any atom is 0.345 e. The van der Waals surface area contributed by atoms with Crippen molar-refractivity contribution in [3.05, 3.63) is 40.7 Å². The van der Waals surface area contributed by atoms with E-state index in [0.717, 1.165) is 72.5 Å². The number of hydrogen-bond donors (Lipinski definition) is 1. The van der Waals surface area contributed by atoms with Crippen molar-refractivity contribution in [2.45, 2.75) is 57.5 Å². The fourth-order valence-electron chi connectivity index (χ4n) is 5.09. The SMILES string of the molecule is Cn1cc(N(CC2CCCO2)S(=O)(=O)/N=C(\[O-])Nc2c3c(cc4c2CCC4)CCC3)cn1. The minimum atomic E-state index is -4.28. The molecule has 2 aromatic rings. The van der Waals surface area contributed by atoms with Crippen LogP contribution < -0.4 is 14.7 Å². The monoisotopic (exact) mass is 458 g/mol. The van der Waals surface area contributed by atoms with Crippen LogP contribution in [0.25, 0.3) is 0 Å². The summed E-state index contributed by atoms with van der Waals surface area (Å²) in [7, 11) is -2.57. The summed E-state index contributed by atoms with van der Waals surface area (Å²) < 4.78 is 38.3. The predicted octanol–water partition coefficient (Wildman–Crippen LogP) is 1.46. The maximum absolute atomic E-state index is 13.2. The average molecular weight is 459 g/mol. The molecule has 2 heterocycles. The Labute approximate surface area is 188 Å². The molecule has 1 atom stereocenters. The lowest BCUT2D eigenvalue weighted by Gasteiger charge is -2.25. The molecule has 5 rings (SSSR count). The molecule has 2 aliphatic carbocycles. The van der Waals surface area contributed by atoms with E-state index in [1.807, 2.05) is 0 Å². The highest BCUT2D eigenvalue weighted by atomic mass is 32.2. The fraction of sp³-hybridized carbons (Fsp3) is 0.545. The summed E-state index contributed by atoms with van der Waals surface area (Å²) in [6.45, 7) is 0.703. The topological polar surface area (TPSA) is 112 Å². The minimum absolute atomic E-state index is 0.0982. The number of aromatic nitrogens is 2. The number of fused-ring (bicyclic) bond motifs is 2. The van der Waals surface area contributed by atoms with Crippen LogP contribution in [0.15, 0.2) is 22.9 Å². The van der Waals surface area contributed by atoms with Crippen LogP contribution in [0.1, 0.15) is 47.9 Å². The van der Waals surface area contributed by atoms with Gasteiger partial charge in [0.2, 0.25) is 0 Å². The van der Waals surface area contributed by atoms with Crippen molar-refractivity contribution in [1.82, 2.24) is 9.78 Å². The van der Waals surface area contributed by atoms with Gasteiger partial charge in [-0.3, -0.25) is 4.68 Å². The second-order valence-corrected chi connectivity index (χ2v) is 10.3. The molecule has 0 spiro atoms. The Morgan fingerprint density at radius 2 is 1.97 bits per heavy atom. The second kappa shape index (κ2) is 8.40. The zero-order valence-corrected chi connectivity index (χ0v) is 19.0. The molecule has 1 aromatic carbocycles. The second-order valence-electron chi connectivity index (χ2n) is 8.77. The Hall–Kier alpha value is -2.59. The molecule has 1 N–H and O–H groups in total. The summed E-state index contributed by atoms with van der Waals surface area (Å²) in [5, 5.41) is 19.8. The lowest BCUT2D eigenvalue weighted by Crippen LogP contribution is -2.39. The summed E-state index contributed by atoms with van der Waals surface area (Å²) >= 11 is 0. The van der Waals surface area contributed by atoms with Crippen molar-refractivity contribution in [3.8, 4) is 0 Å². The first-order valence-corrected chi connectivity index (χ1v) is 12.6. The highest BCUT2D eigenvalue weighted by Crippen LogP contribution is 2.38. The van der Waals surface area contributed by atoms with E-state index in [4.69, 9.17) is 4.74 Å². The van der Waals surface area contributed by atoms with Crippen molar-refractivity contribution in [2.24, 2.45) is 11.4 Å². The quantitative estimate of drug-likeness (QED) is 0.518. The molecule has 9 nitrogen and oxygen atoms in total.